The highest BCUT2D eigenvalue weighted by Crippen LogP contribution is 2.26. The molecule has 0 amide bonds. The van der Waals surface area contributed by atoms with Gasteiger partial charge in [0.15, 0.2) is 0 Å². The molecule has 0 aliphatic carbocycles. The van der Waals surface area contributed by atoms with Crippen LogP contribution < -0.4 is 5.46 Å². The molecule has 0 fully saturated rings. The lowest BCUT2D eigenvalue weighted by atomic mass is 9.62. The Morgan fingerprint density at radius 3 is 2.11 bits per heavy atom. The molecule has 1 N–H and O–H groups in total. The molecule has 0 heterocycles. The van der Waals surface area contributed by atoms with Crippen molar-refractivity contribution in [1.82, 2.24) is 0 Å². The molecule has 1 aromatic rings. The molecule has 18 heavy (non-hydrogen) atoms. The zero-order valence-electron chi connectivity index (χ0n) is 11.4. The average molecular weight is 289 g/mol. The summed E-state index contributed by atoms with van der Waals surface area (Å²) in [5, 5.41) is 11.1. The second kappa shape index (κ2) is 5.42. The number of halogens is 2. The van der Waals surface area contributed by atoms with E-state index in [0.29, 0.717) is 10.0 Å². The van der Waals surface area contributed by atoms with Gasteiger partial charge in [-0.05, 0) is 45.3 Å². The molecule has 0 spiro atoms. The molecular weight excluding hydrogens is 270 g/mol. The van der Waals surface area contributed by atoms with Crippen LogP contribution in [0.1, 0.15) is 27.7 Å². The van der Waals surface area contributed by atoms with Gasteiger partial charge in [0.2, 0.25) is 0 Å². The van der Waals surface area contributed by atoms with Crippen molar-refractivity contribution >= 4 is 35.6 Å². The fourth-order valence-corrected chi connectivity index (χ4v) is 1.73. The maximum Gasteiger partial charge on any atom is 0.324 e. The quantitative estimate of drug-likeness (QED) is 0.861. The molecule has 0 aromatic heterocycles. The normalized spacial score (nSPS) is 12.7. The zero-order valence-corrected chi connectivity index (χ0v) is 12.9. The molecule has 0 saturated carbocycles. The smallest absolute Gasteiger partial charge is 0.324 e. The van der Waals surface area contributed by atoms with Crippen LogP contribution >= 0.6 is 23.2 Å². The standard InChI is InChI=1S/C13H19BCl2O2/c1-12(2,17)13(3,4)18-14(5)9-6-7-10(15)11(16)8-9/h6-8,17H,1-5H3. The molecule has 0 saturated heterocycles. The van der Waals surface area contributed by atoms with Crippen LogP contribution in [0.25, 0.3) is 0 Å². The first kappa shape index (κ1) is 15.8. The van der Waals surface area contributed by atoms with Crippen molar-refractivity contribution in [2.24, 2.45) is 0 Å². The van der Waals surface area contributed by atoms with Crippen molar-refractivity contribution in [2.45, 2.75) is 45.7 Å². The highest BCUT2D eigenvalue weighted by Gasteiger charge is 2.38. The summed E-state index contributed by atoms with van der Waals surface area (Å²) in [6, 6.07) is 5.41. The number of hydrogen-bond acceptors (Lipinski definition) is 2. The predicted octanol–water partition coefficient (Wildman–Crippen LogP) is 3.39. The van der Waals surface area contributed by atoms with Gasteiger partial charge in [-0.2, -0.15) is 0 Å². The van der Waals surface area contributed by atoms with Gasteiger partial charge in [-0.1, -0.05) is 36.1 Å². The van der Waals surface area contributed by atoms with Crippen LogP contribution in [0.5, 0.6) is 0 Å². The van der Waals surface area contributed by atoms with Gasteiger partial charge in [0.05, 0.1) is 21.2 Å². The largest absolute Gasteiger partial charge is 0.423 e. The van der Waals surface area contributed by atoms with E-state index in [0.717, 1.165) is 5.46 Å². The summed E-state index contributed by atoms with van der Waals surface area (Å²) in [5.41, 5.74) is -0.669. The van der Waals surface area contributed by atoms with Gasteiger partial charge >= 0.3 is 6.92 Å². The van der Waals surface area contributed by atoms with E-state index in [2.05, 4.69) is 0 Å². The molecule has 1 aromatic carbocycles. The maximum absolute atomic E-state index is 10.1. The van der Waals surface area contributed by atoms with Crippen LogP contribution in [0.3, 0.4) is 0 Å². The molecule has 0 aliphatic rings. The second-order valence-electron chi connectivity index (χ2n) is 5.50. The van der Waals surface area contributed by atoms with E-state index in [1.54, 1.807) is 26.0 Å². The lowest BCUT2D eigenvalue weighted by Gasteiger charge is -2.39. The van der Waals surface area contributed by atoms with E-state index in [-0.39, 0.29) is 6.92 Å². The third-order valence-electron chi connectivity index (χ3n) is 3.36. The summed E-state index contributed by atoms with van der Waals surface area (Å²) in [4.78, 5) is 0. The zero-order chi connectivity index (χ0) is 14.1. The molecule has 0 radical (unpaired) electrons. The van der Waals surface area contributed by atoms with Gasteiger partial charge in [0.25, 0.3) is 0 Å². The molecule has 0 aliphatic heterocycles. The summed E-state index contributed by atoms with van der Waals surface area (Å²) in [5.74, 6) is 0. The van der Waals surface area contributed by atoms with Crippen molar-refractivity contribution in [3.05, 3.63) is 28.2 Å². The van der Waals surface area contributed by atoms with Gasteiger partial charge in [0.1, 0.15) is 0 Å². The molecular formula is C13H19BCl2O2. The van der Waals surface area contributed by atoms with E-state index in [1.165, 1.54) is 0 Å². The Morgan fingerprint density at radius 1 is 1.11 bits per heavy atom. The third kappa shape index (κ3) is 3.64. The molecule has 2 nitrogen and oxygen atoms in total. The first-order valence-corrected chi connectivity index (χ1v) is 6.65. The summed E-state index contributed by atoms with van der Waals surface area (Å²) >= 11 is 11.9. The Labute approximate surface area is 119 Å². The van der Waals surface area contributed by atoms with Gasteiger partial charge < -0.3 is 9.76 Å². The first-order chi connectivity index (χ1) is 8.04. The van der Waals surface area contributed by atoms with E-state index in [1.807, 2.05) is 26.7 Å². The Kier molecular flexibility index (Phi) is 4.77. The lowest BCUT2D eigenvalue weighted by molar-refractivity contribution is -0.0918. The highest BCUT2D eigenvalue weighted by atomic mass is 35.5. The number of aliphatic hydroxyl groups is 1. The van der Waals surface area contributed by atoms with Crippen LogP contribution in [0.2, 0.25) is 16.9 Å². The van der Waals surface area contributed by atoms with Crippen LogP contribution in [0.15, 0.2) is 18.2 Å². The summed E-state index contributed by atoms with van der Waals surface area (Å²) in [6.45, 7) is 8.93. The van der Waals surface area contributed by atoms with Crippen molar-refractivity contribution in [2.75, 3.05) is 0 Å². The summed E-state index contributed by atoms with van der Waals surface area (Å²) in [6.07, 6.45) is 0. The molecule has 0 bridgehead atoms. The number of hydrogen-bond donors (Lipinski definition) is 1. The highest BCUT2D eigenvalue weighted by molar-refractivity contribution is 6.66. The van der Waals surface area contributed by atoms with Crippen molar-refractivity contribution in [3.8, 4) is 0 Å². The molecule has 1 rings (SSSR count). The fourth-order valence-electron chi connectivity index (χ4n) is 1.42. The number of benzene rings is 1. The fraction of sp³-hybridized carbons (Fsp3) is 0.538. The Bertz CT molecular complexity index is 427. The Morgan fingerprint density at radius 2 is 1.67 bits per heavy atom. The van der Waals surface area contributed by atoms with Crippen molar-refractivity contribution < 1.29 is 9.76 Å². The van der Waals surface area contributed by atoms with Gasteiger partial charge in [-0.15, -0.1) is 0 Å². The summed E-state index contributed by atoms with van der Waals surface area (Å²) < 4.78 is 5.93. The Balaban J connectivity index is 2.89. The van der Waals surface area contributed by atoms with Crippen molar-refractivity contribution in [3.63, 3.8) is 0 Å². The van der Waals surface area contributed by atoms with E-state index in [9.17, 15) is 5.11 Å². The van der Waals surface area contributed by atoms with Crippen molar-refractivity contribution in [1.29, 1.82) is 0 Å². The van der Waals surface area contributed by atoms with E-state index < -0.39 is 11.2 Å². The van der Waals surface area contributed by atoms with Gasteiger partial charge in [-0.25, -0.2) is 0 Å². The molecule has 0 atom stereocenters. The first-order valence-electron chi connectivity index (χ1n) is 5.90. The van der Waals surface area contributed by atoms with Crippen LogP contribution in [0, 0.1) is 0 Å². The second-order valence-corrected chi connectivity index (χ2v) is 6.32. The molecule has 0 unspecified atom stereocenters. The molecule has 100 valence electrons. The van der Waals surface area contributed by atoms with Gasteiger partial charge in [-0.3, -0.25) is 0 Å². The number of rotatable bonds is 4. The Hall–Kier alpha value is -0.215. The maximum atomic E-state index is 10.1. The average Bonchev–Trinajstić information content (AvgIpc) is 2.19. The van der Waals surface area contributed by atoms with Gasteiger partial charge in [0, 0.05) is 0 Å². The van der Waals surface area contributed by atoms with E-state index >= 15 is 0 Å². The lowest BCUT2D eigenvalue weighted by Crippen LogP contribution is -2.52. The third-order valence-corrected chi connectivity index (χ3v) is 4.10. The molecule has 5 heteroatoms. The minimum Gasteiger partial charge on any atom is -0.423 e. The van der Waals surface area contributed by atoms with Crippen LogP contribution in [-0.2, 0) is 4.65 Å². The van der Waals surface area contributed by atoms with Crippen LogP contribution in [-0.4, -0.2) is 23.2 Å². The topological polar surface area (TPSA) is 29.5 Å². The SMILES string of the molecule is CB(OC(C)(C)C(C)(C)O)c1ccc(Cl)c(Cl)c1. The summed E-state index contributed by atoms with van der Waals surface area (Å²) in [7, 11) is 0. The monoisotopic (exact) mass is 288 g/mol. The minimum absolute atomic E-state index is 0.179. The van der Waals surface area contributed by atoms with Crippen LogP contribution in [0.4, 0.5) is 0 Å². The minimum atomic E-state index is -0.933. The van der Waals surface area contributed by atoms with E-state index in [4.69, 9.17) is 27.9 Å². The predicted molar refractivity (Wildman–Crippen MR) is 79.2 cm³/mol.